The molecule has 0 unspecified atom stereocenters. The van der Waals surface area contributed by atoms with Crippen molar-refractivity contribution in [3.8, 4) is 5.69 Å². The topological polar surface area (TPSA) is 57.5 Å². The van der Waals surface area contributed by atoms with E-state index in [0.717, 1.165) is 5.56 Å². The molecule has 0 atom stereocenters. The minimum atomic E-state index is -0.433. The molecule has 0 aliphatic rings. The van der Waals surface area contributed by atoms with E-state index in [-0.39, 0.29) is 6.61 Å². The van der Waals surface area contributed by atoms with Crippen LogP contribution in [0.3, 0.4) is 0 Å². The van der Waals surface area contributed by atoms with Crippen LogP contribution in [-0.4, -0.2) is 23.6 Å². The fourth-order valence-corrected chi connectivity index (χ4v) is 2.47. The quantitative estimate of drug-likeness (QED) is 0.668. The van der Waals surface area contributed by atoms with Crippen LogP contribution in [0.4, 0.5) is 0 Å². The van der Waals surface area contributed by atoms with Crippen molar-refractivity contribution in [2.24, 2.45) is 0 Å². The first-order valence-electron chi connectivity index (χ1n) is 7.76. The van der Waals surface area contributed by atoms with Gasteiger partial charge in [0.15, 0.2) is 0 Å². The molecule has 25 heavy (non-hydrogen) atoms. The lowest BCUT2D eigenvalue weighted by Gasteiger charge is -2.10. The third kappa shape index (κ3) is 3.77. The van der Waals surface area contributed by atoms with Crippen LogP contribution < -0.4 is 0 Å². The predicted octanol–water partition coefficient (Wildman–Crippen LogP) is 3.62. The molecule has 0 amide bonds. The van der Waals surface area contributed by atoms with E-state index in [9.17, 15) is 9.59 Å². The van der Waals surface area contributed by atoms with Crippen LogP contribution in [0.5, 0.6) is 0 Å². The zero-order valence-electron chi connectivity index (χ0n) is 13.7. The summed E-state index contributed by atoms with van der Waals surface area (Å²) in [6.45, 7) is 0.201. The molecule has 3 rings (SSSR count). The number of carbonyl (C=O) groups is 2. The van der Waals surface area contributed by atoms with Gasteiger partial charge in [-0.3, -0.25) is 0 Å². The Balaban J connectivity index is 1.80. The third-order valence-electron chi connectivity index (χ3n) is 3.72. The summed E-state index contributed by atoms with van der Waals surface area (Å²) >= 11 is 0. The highest BCUT2D eigenvalue weighted by atomic mass is 16.5. The molecule has 0 aliphatic carbocycles. The van der Waals surface area contributed by atoms with Gasteiger partial charge in [-0.25, -0.2) is 9.59 Å². The summed E-state index contributed by atoms with van der Waals surface area (Å²) in [5, 5.41) is 0. The van der Waals surface area contributed by atoms with Crippen molar-refractivity contribution in [1.29, 1.82) is 0 Å². The summed E-state index contributed by atoms with van der Waals surface area (Å²) in [4.78, 5) is 24.1. The second-order valence-electron chi connectivity index (χ2n) is 5.37. The molecule has 0 aliphatic heterocycles. The minimum absolute atomic E-state index is 0.201. The van der Waals surface area contributed by atoms with Crippen molar-refractivity contribution in [1.82, 2.24) is 4.57 Å². The molecule has 5 nitrogen and oxygen atoms in total. The Hall–Kier alpha value is -3.34. The summed E-state index contributed by atoms with van der Waals surface area (Å²) in [6.07, 6.45) is 1.75. The van der Waals surface area contributed by atoms with Gasteiger partial charge in [-0.15, -0.1) is 0 Å². The van der Waals surface area contributed by atoms with Gasteiger partial charge in [-0.05, 0) is 35.9 Å². The number of carbonyl (C=O) groups excluding carboxylic acids is 2. The number of esters is 2. The van der Waals surface area contributed by atoms with Crippen LogP contribution in [0.25, 0.3) is 5.69 Å². The molecule has 1 aromatic heterocycles. The van der Waals surface area contributed by atoms with Crippen molar-refractivity contribution < 1.29 is 19.1 Å². The van der Waals surface area contributed by atoms with Gasteiger partial charge in [0.05, 0.1) is 12.7 Å². The van der Waals surface area contributed by atoms with Gasteiger partial charge in [-0.2, -0.15) is 0 Å². The van der Waals surface area contributed by atoms with Gasteiger partial charge in [0.2, 0.25) is 0 Å². The Kier molecular flexibility index (Phi) is 4.95. The van der Waals surface area contributed by atoms with Gasteiger partial charge < -0.3 is 14.0 Å². The average Bonchev–Trinajstić information content (AvgIpc) is 3.16. The normalized spacial score (nSPS) is 10.3. The van der Waals surface area contributed by atoms with E-state index in [0.29, 0.717) is 16.9 Å². The lowest BCUT2D eigenvalue weighted by molar-refractivity contribution is 0.0463. The van der Waals surface area contributed by atoms with E-state index < -0.39 is 11.9 Å². The number of aromatic nitrogens is 1. The number of rotatable bonds is 5. The first kappa shape index (κ1) is 16.5. The molecule has 0 N–H and O–H groups in total. The number of methoxy groups -OCH3 is 1. The number of hydrogen-bond acceptors (Lipinski definition) is 4. The summed E-state index contributed by atoms with van der Waals surface area (Å²) < 4.78 is 11.8. The second kappa shape index (κ2) is 7.49. The van der Waals surface area contributed by atoms with Gasteiger partial charge in [0.1, 0.15) is 12.3 Å². The van der Waals surface area contributed by atoms with Gasteiger partial charge >= 0.3 is 11.9 Å². The van der Waals surface area contributed by atoms with E-state index in [4.69, 9.17) is 9.47 Å². The van der Waals surface area contributed by atoms with Crippen LogP contribution >= 0.6 is 0 Å². The monoisotopic (exact) mass is 335 g/mol. The molecule has 2 aromatic carbocycles. The molecular weight excluding hydrogens is 318 g/mol. The van der Waals surface area contributed by atoms with Gasteiger partial charge in [-0.1, -0.05) is 36.4 Å². The first-order chi connectivity index (χ1) is 12.2. The van der Waals surface area contributed by atoms with Crippen molar-refractivity contribution in [3.63, 3.8) is 0 Å². The Morgan fingerprint density at radius 2 is 1.72 bits per heavy atom. The maximum Gasteiger partial charge on any atom is 0.355 e. The Morgan fingerprint density at radius 3 is 2.48 bits per heavy atom. The van der Waals surface area contributed by atoms with Gasteiger partial charge in [0, 0.05) is 11.9 Å². The smallest absolute Gasteiger partial charge is 0.355 e. The molecular formula is C20H17NO4. The molecule has 3 aromatic rings. The third-order valence-corrected chi connectivity index (χ3v) is 3.72. The number of benzene rings is 2. The zero-order valence-corrected chi connectivity index (χ0v) is 13.7. The molecule has 0 bridgehead atoms. The molecule has 0 spiro atoms. The highest BCUT2D eigenvalue weighted by Gasteiger charge is 2.15. The second-order valence-corrected chi connectivity index (χ2v) is 5.37. The van der Waals surface area contributed by atoms with E-state index in [1.807, 2.05) is 30.3 Å². The highest BCUT2D eigenvalue weighted by Crippen LogP contribution is 2.16. The van der Waals surface area contributed by atoms with Crippen molar-refractivity contribution in [2.45, 2.75) is 6.61 Å². The molecule has 0 saturated heterocycles. The Bertz CT molecular complexity index is 883. The van der Waals surface area contributed by atoms with E-state index in [1.165, 1.54) is 7.11 Å². The van der Waals surface area contributed by atoms with Crippen LogP contribution in [-0.2, 0) is 16.1 Å². The van der Waals surface area contributed by atoms with Gasteiger partial charge in [0.25, 0.3) is 0 Å². The predicted molar refractivity (Wildman–Crippen MR) is 92.7 cm³/mol. The lowest BCUT2D eigenvalue weighted by atomic mass is 10.2. The summed E-state index contributed by atoms with van der Waals surface area (Å²) in [5.41, 5.74) is 2.40. The molecule has 0 saturated carbocycles. The summed E-state index contributed by atoms with van der Waals surface area (Å²) in [7, 11) is 1.33. The number of hydrogen-bond donors (Lipinski definition) is 0. The molecule has 0 radical (unpaired) electrons. The fourth-order valence-electron chi connectivity index (χ4n) is 2.47. The number of nitrogens with zero attached hydrogens (tertiary/aromatic N) is 1. The van der Waals surface area contributed by atoms with Crippen LogP contribution in [0.15, 0.2) is 72.9 Å². The zero-order chi connectivity index (χ0) is 17.6. The highest BCUT2D eigenvalue weighted by molar-refractivity contribution is 5.91. The van der Waals surface area contributed by atoms with E-state index in [1.54, 1.807) is 47.2 Å². The van der Waals surface area contributed by atoms with Crippen molar-refractivity contribution in [2.75, 3.05) is 7.11 Å². The minimum Gasteiger partial charge on any atom is -0.465 e. The van der Waals surface area contributed by atoms with Crippen LogP contribution in [0.1, 0.15) is 26.4 Å². The molecule has 1 heterocycles. The Labute approximate surface area is 145 Å². The number of ether oxygens (including phenoxy) is 2. The lowest BCUT2D eigenvalue weighted by Crippen LogP contribution is -2.11. The molecule has 5 heteroatoms. The SMILES string of the molecule is COC(=O)c1cccc(-n2cccc2C(=O)OCc2ccccc2)c1. The van der Waals surface area contributed by atoms with E-state index in [2.05, 4.69) is 0 Å². The van der Waals surface area contributed by atoms with E-state index >= 15 is 0 Å². The first-order valence-corrected chi connectivity index (χ1v) is 7.76. The summed E-state index contributed by atoms with van der Waals surface area (Å²) in [6, 6.07) is 19.8. The Morgan fingerprint density at radius 1 is 0.920 bits per heavy atom. The standard InChI is InChI=1S/C20H17NO4/c1-24-19(22)16-9-5-10-17(13-16)21-12-6-11-18(21)20(23)25-14-15-7-3-2-4-8-15/h2-13H,14H2,1H3. The van der Waals surface area contributed by atoms with Crippen molar-refractivity contribution >= 4 is 11.9 Å². The maximum absolute atomic E-state index is 12.4. The molecule has 126 valence electrons. The van der Waals surface area contributed by atoms with Crippen LogP contribution in [0.2, 0.25) is 0 Å². The maximum atomic E-state index is 12.4. The average molecular weight is 335 g/mol. The van der Waals surface area contributed by atoms with Crippen molar-refractivity contribution in [3.05, 3.63) is 89.7 Å². The molecule has 0 fully saturated rings. The largest absolute Gasteiger partial charge is 0.465 e. The fraction of sp³-hybridized carbons (Fsp3) is 0.100. The van der Waals surface area contributed by atoms with Crippen LogP contribution in [0, 0.1) is 0 Å². The summed E-state index contributed by atoms with van der Waals surface area (Å²) in [5.74, 6) is -0.862.